The summed E-state index contributed by atoms with van der Waals surface area (Å²) < 4.78 is 1.12. The average molecular weight is 378 g/mol. The van der Waals surface area contributed by atoms with Crippen LogP contribution in [0.3, 0.4) is 0 Å². The SMILES string of the molecule is CCCCCCCCCCCCCCCC[N+](C)(C)C.O.[Cl-].[Na+].[OH-]. The van der Waals surface area contributed by atoms with Crippen LogP contribution in [-0.2, 0) is 0 Å². The summed E-state index contributed by atoms with van der Waals surface area (Å²) in [5.41, 5.74) is 0. The van der Waals surface area contributed by atoms with Crippen LogP contribution in [0.2, 0.25) is 0 Å². The van der Waals surface area contributed by atoms with Crippen LogP contribution in [0, 0.1) is 0 Å². The number of unbranched alkanes of at least 4 members (excludes halogenated alkanes) is 13. The maximum absolute atomic E-state index is 2.29. The number of hydrogen-bond donors (Lipinski definition) is 0. The van der Waals surface area contributed by atoms with Gasteiger partial charge in [0.2, 0.25) is 0 Å². The van der Waals surface area contributed by atoms with Crippen molar-refractivity contribution in [3.63, 3.8) is 0 Å². The van der Waals surface area contributed by atoms with E-state index in [2.05, 4.69) is 28.1 Å². The molecule has 0 aromatic heterocycles. The van der Waals surface area contributed by atoms with Crippen LogP contribution in [0.5, 0.6) is 0 Å². The molecule has 0 aromatic rings. The Morgan fingerprint density at radius 1 is 0.542 bits per heavy atom. The van der Waals surface area contributed by atoms with E-state index < -0.39 is 0 Å². The second-order valence-corrected chi connectivity index (χ2v) is 7.61. The quantitative estimate of drug-likeness (QED) is 0.209. The predicted octanol–water partition coefficient (Wildman–Crippen LogP) is -0.820. The van der Waals surface area contributed by atoms with Crippen molar-refractivity contribution < 1.29 is 57.4 Å². The third-order valence-corrected chi connectivity index (χ3v) is 4.18. The van der Waals surface area contributed by atoms with Crippen LogP contribution < -0.4 is 42.0 Å². The van der Waals surface area contributed by atoms with Gasteiger partial charge < -0.3 is 27.8 Å². The summed E-state index contributed by atoms with van der Waals surface area (Å²) in [5.74, 6) is 0. The van der Waals surface area contributed by atoms with Gasteiger partial charge in [-0.25, -0.2) is 0 Å². The maximum Gasteiger partial charge on any atom is 1.00 e. The molecule has 0 amide bonds. The van der Waals surface area contributed by atoms with Crippen LogP contribution in [0.15, 0.2) is 0 Å². The van der Waals surface area contributed by atoms with E-state index in [1.807, 2.05) is 0 Å². The Labute approximate surface area is 181 Å². The van der Waals surface area contributed by atoms with Crippen molar-refractivity contribution in [3.8, 4) is 0 Å². The average Bonchev–Trinajstić information content (AvgIpc) is 2.38. The summed E-state index contributed by atoms with van der Waals surface area (Å²) in [7, 11) is 6.88. The molecular weight excluding hydrogens is 333 g/mol. The van der Waals surface area contributed by atoms with Crippen molar-refractivity contribution in [2.45, 2.75) is 96.8 Å². The molecule has 0 fully saturated rings. The Balaban J connectivity index is -0.000000301. The summed E-state index contributed by atoms with van der Waals surface area (Å²) in [5, 5.41) is 0. The zero-order chi connectivity index (χ0) is 15.1. The van der Waals surface area contributed by atoms with E-state index in [1.54, 1.807) is 0 Å². The van der Waals surface area contributed by atoms with Gasteiger partial charge in [-0.15, -0.1) is 0 Å². The normalized spacial score (nSPS) is 10.0. The predicted molar refractivity (Wildman–Crippen MR) is 98.8 cm³/mol. The molecule has 0 saturated carbocycles. The molecule has 0 aromatic carbocycles. The summed E-state index contributed by atoms with van der Waals surface area (Å²) in [6.07, 6.45) is 20.4. The molecule has 0 radical (unpaired) electrons. The number of hydrogen-bond acceptors (Lipinski definition) is 1. The minimum Gasteiger partial charge on any atom is -1.00 e. The molecule has 0 bridgehead atoms. The third kappa shape index (κ3) is 34.5. The Morgan fingerprint density at radius 3 is 1.04 bits per heavy atom. The van der Waals surface area contributed by atoms with E-state index in [9.17, 15) is 0 Å². The van der Waals surface area contributed by atoms with Crippen molar-refractivity contribution in [1.29, 1.82) is 0 Å². The minimum atomic E-state index is 0. The topological polar surface area (TPSA) is 61.5 Å². The molecule has 0 saturated heterocycles. The molecule has 0 atom stereocenters. The standard InChI is InChI=1S/C19H42N.ClH.Na.2H2O/c1-5-6-7-8-9-10-11-12-13-14-15-16-17-18-19-20(2,3)4;;;;/h5-19H2,1-4H3;1H;;2*1H2/q+1;;+1;;/p-2. The second-order valence-electron chi connectivity index (χ2n) is 7.61. The first-order chi connectivity index (χ1) is 9.56. The van der Waals surface area contributed by atoms with Crippen LogP contribution in [0.4, 0.5) is 0 Å². The molecule has 0 aliphatic carbocycles. The molecule has 0 spiro atoms. The van der Waals surface area contributed by atoms with E-state index in [0.29, 0.717) is 0 Å². The minimum absolute atomic E-state index is 0. The van der Waals surface area contributed by atoms with Gasteiger partial charge in [0.1, 0.15) is 0 Å². The van der Waals surface area contributed by atoms with Gasteiger partial charge in [0.05, 0.1) is 27.7 Å². The molecule has 24 heavy (non-hydrogen) atoms. The van der Waals surface area contributed by atoms with Gasteiger partial charge in [-0.2, -0.15) is 0 Å². The van der Waals surface area contributed by atoms with Gasteiger partial charge >= 0.3 is 29.6 Å². The summed E-state index contributed by atoms with van der Waals surface area (Å²) in [6, 6.07) is 0. The van der Waals surface area contributed by atoms with E-state index >= 15 is 0 Å². The fraction of sp³-hybridized carbons (Fsp3) is 1.00. The van der Waals surface area contributed by atoms with Gasteiger partial charge in [-0.05, 0) is 12.8 Å². The number of quaternary nitrogens is 1. The van der Waals surface area contributed by atoms with Crippen LogP contribution >= 0.6 is 0 Å². The first-order valence-corrected chi connectivity index (χ1v) is 9.36. The Morgan fingerprint density at radius 2 is 0.792 bits per heavy atom. The number of halogens is 1. The Bertz CT molecular complexity index is 202. The van der Waals surface area contributed by atoms with E-state index in [1.165, 1.54) is 96.4 Å². The molecule has 0 rings (SSSR count). The van der Waals surface area contributed by atoms with Crippen LogP contribution in [0.25, 0.3) is 0 Å². The Hall–Kier alpha value is 1.17. The molecule has 3 nitrogen and oxygen atoms in total. The van der Waals surface area contributed by atoms with E-state index in [-0.39, 0.29) is 52.9 Å². The smallest absolute Gasteiger partial charge is 1.00 e. The molecule has 0 aliphatic rings. The van der Waals surface area contributed by atoms with Crippen molar-refractivity contribution in [3.05, 3.63) is 0 Å². The first-order valence-electron chi connectivity index (χ1n) is 9.36. The molecule has 146 valence electrons. The fourth-order valence-electron chi connectivity index (χ4n) is 2.78. The molecule has 0 heterocycles. The van der Waals surface area contributed by atoms with Crippen molar-refractivity contribution in [2.24, 2.45) is 0 Å². The molecule has 0 aliphatic heterocycles. The van der Waals surface area contributed by atoms with Crippen LogP contribution in [-0.4, -0.2) is 43.1 Å². The van der Waals surface area contributed by atoms with Crippen molar-refractivity contribution in [1.82, 2.24) is 0 Å². The largest absolute Gasteiger partial charge is 1.00 e. The zero-order valence-electron chi connectivity index (χ0n) is 17.4. The maximum atomic E-state index is 2.29. The molecule has 5 heteroatoms. The van der Waals surface area contributed by atoms with E-state index in [4.69, 9.17) is 0 Å². The summed E-state index contributed by atoms with van der Waals surface area (Å²) >= 11 is 0. The van der Waals surface area contributed by atoms with E-state index in [0.717, 1.165) is 4.48 Å². The number of nitrogens with zero attached hydrogens (tertiary/aromatic N) is 1. The van der Waals surface area contributed by atoms with Gasteiger partial charge in [0, 0.05) is 0 Å². The third-order valence-electron chi connectivity index (χ3n) is 4.18. The summed E-state index contributed by atoms with van der Waals surface area (Å²) in [6.45, 7) is 3.63. The number of rotatable bonds is 15. The molecular formula is C19H45ClNNaO2. The fourth-order valence-corrected chi connectivity index (χ4v) is 2.78. The molecule has 3 N–H and O–H groups in total. The molecule has 0 unspecified atom stereocenters. The monoisotopic (exact) mass is 377 g/mol. The van der Waals surface area contributed by atoms with Gasteiger partial charge in [-0.3, -0.25) is 0 Å². The first kappa shape index (κ1) is 36.1. The van der Waals surface area contributed by atoms with Gasteiger partial charge in [0.15, 0.2) is 0 Å². The van der Waals surface area contributed by atoms with Crippen molar-refractivity contribution >= 4 is 0 Å². The van der Waals surface area contributed by atoms with Crippen LogP contribution in [0.1, 0.15) is 96.8 Å². The van der Waals surface area contributed by atoms with Gasteiger partial charge in [0.25, 0.3) is 0 Å². The Kier molecular flexibility index (Phi) is 39.8. The second kappa shape index (κ2) is 26.4. The van der Waals surface area contributed by atoms with Crippen molar-refractivity contribution in [2.75, 3.05) is 27.7 Å². The zero-order valence-corrected chi connectivity index (χ0v) is 20.1. The van der Waals surface area contributed by atoms with Gasteiger partial charge in [-0.1, -0.05) is 84.0 Å². The summed E-state index contributed by atoms with van der Waals surface area (Å²) in [4.78, 5) is 0.